The van der Waals surface area contributed by atoms with Crippen LogP contribution in [0, 0.1) is 0 Å². The average molecular weight is 477 g/mol. The second-order valence-corrected chi connectivity index (χ2v) is 10.5. The van der Waals surface area contributed by atoms with Crippen LogP contribution in [0.4, 0.5) is 10.9 Å². The van der Waals surface area contributed by atoms with Crippen molar-refractivity contribution in [3.63, 3.8) is 0 Å². The van der Waals surface area contributed by atoms with Gasteiger partial charge in [-0.15, -0.1) is 11.3 Å². The molecule has 0 aliphatic heterocycles. The van der Waals surface area contributed by atoms with E-state index in [4.69, 9.17) is 4.74 Å². The van der Waals surface area contributed by atoms with Crippen LogP contribution in [-0.4, -0.2) is 33.1 Å². The van der Waals surface area contributed by atoms with Crippen LogP contribution < -0.4 is 15.4 Å². The molecule has 3 aliphatic carbocycles. The number of aryl methyl sites for hydroxylation is 1. The molecule has 2 aromatic heterocycles. The number of nitrogens with zero attached hydrogens (tertiary/aromatic N) is 2. The van der Waals surface area contributed by atoms with E-state index in [0.29, 0.717) is 23.2 Å². The highest BCUT2D eigenvalue weighted by atomic mass is 32.1. The number of benzene rings is 1. The lowest BCUT2D eigenvalue weighted by molar-refractivity contribution is 0.0951. The molecule has 3 N–H and O–H groups in total. The van der Waals surface area contributed by atoms with Gasteiger partial charge >= 0.3 is 0 Å². The molecule has 1 unspecified atom stereocenters. The first-order chi connectivity index (χ1) is 16.6. The molecule has 2 fully saturated rings. The molecule has 3 aromatic rings. The highest BCUT2D eigenvalue weighted by Crippen LogP contribution is 2.41. The first kappa shape index (κ1) is 21.6. The minimum Gasteiger partial charge on any atom is -0.486 e. The minimum atomic E-state index is -0.490. The third-order valence-electron chi connectivity index (χ3n) is 6.76. The Hall–Kier alpha value is -2.97. The van der Waals surface area contributed by atoms with Gasteiger partial charge in [0.25, 0.3) is 5.91 Å². The van der Waals surface area contributed by atoms with E-state index >= 15 is 0 Å². The lowest BCUT2D eigenvalue weighted by atomic mass is 9.96. The van der Waals surface area contributed by atoms with Crippen molar-refractivity contribution in [1.82, 2.24) is 15.3 Å². The van der Waals surface area contributed by atoms with Crippen LogP contribution in [0.25, 0.3) is 11.1 Å². The van der Waals surface area contributed by atoms with Gasteiger partial charge in [0, 0.05) is 28.2 Å². The number of fused-ring (bicyclic) bond motifs is 1. The number of pyridine rings is 1. The van der Waals surface area contributed by atoms with Crippen molar-refractivity contribution in [2.45, 2.75) is 69.6 Å². The molecule has 1 atom stereocenters. The summed E-state index contributed by atoms with van der Waals surface area (Å²) >= 11 is 1.58. The average Bonchev–Trinajstić information content (AvgIpc) is 3.53. The molecular formula is C26H28N4O3S. The van der Waals surface area contributed by atoms with Crippen molar-refractivity contribution in [1.29, 1.82) is 0 Å². The van der Waals surface area contributed by atoms with Crippen molar-refractivity contribution < 1.29 is 14.6 Å². The Labute approximate surface area is 202 Å². The summed E-state index contributed by atoms with van der Waals surface area (Å²) in [6.07, 6.45) is 9.52. The van der Waals surface area contributed by atoms with Crippen molar-refractivity contribution in [3.05, 3.63) is 52.7 Å². The van der Waals surface area contributed by atoms with Crippen LogP contribution in [0.2, 0.25) is 0 Å². The van der Waals surface area contributed by atoms with Gasteiger partial charge in [-0.1, -0.05) is 12.1 Å². The Kier molecular flexibility index (Phi) is 5.71. The largest absolute Gasteiger partial charge is 0.486 e. The molecule has 2 saturated carbocycles. The normalized spacial score (nSPS) is 19.7. The standard InChI is InChI=1S/C26H28N4O3S/c31-20-5-2-6-21-22(20)29-26(34-21)30-24-23(33-18-3-1-4-18)19(13-14-27-24)15-7-9-16(10-8-15)25(32)28-17-11-12-17/h7-10,13-14,17-18,20,31H,1-6,11-12H2,(H,28,32)(H,27,29,30). The third kappa shape index (κ3) is 4.40. The summed E-state index contributed by atoms with van der Waals surface area (Å²) in [6.45, 7) is 0. The molecule has 2 heterocycles. The summed E-state index contributed by atoms with van der Waals surface area (Å²) in [6, 6.07) is 9.95. The van der Waals surface area contributed by atoms with Crippen LogP contribution in [0.3, 0.4) is 0 Å². The van der Waals surface area contributed by atoms with Gasteiger partial charge in [-0.05, 0) is 75.1 Å². The number of carbonyl (C=O) groups excluding carboxylic acids is 1. The topological polar surface area (TPSA) is 96.4 Å². The molecule has 1 amide bonds. The predicted molar refractivity (Wildman–Crippen MR) is 132 cm³/mol. The van der Waals surface area contributed by atoms with E-state index < -0.39 is 6.10 Å². The van der Waals surface area contributed by atoms with Crippen LogP contribution in [-0.2, 0) is 6.42 Å². The van der Waals surface area contributed by atoms with Gasteiger partial charge in [0.05, 0.1) is 17.9 Å². The Bertz CT molecular complexity index is 1200. The zero-order valence-electron chi connectivity index (χ0n) is 18.9. The fourth-order valence-electron chi connectivity index (χ4n) is 4.39. The summed E-state index contributed by atoms with van der Waals surface area (Å²) in [5.41, 5.74) is 3.35. The summed E-state index contributed by atoms with van der Waals surface area (Å²) in [4.78, 5) is 22.8. The number of ether oxygens (including phenoxy) is 1. The molecule has 0 bridgehead atoms. The number of aliphatic hydroxyl groups is 1. The number of aromatic nitrogens is 2. The van der Waals surface area contributed by atoms with E-state index in [-0.39, 0.29) is 12.0 Å². The summed E-state index contributed by atoms with van der Waals surface area (Å²) in [5, 5.41) is 17.4. The lowest BCUT2D eigenvalue weighted by Gasteiger charge is -2.28. The van der Waals surface area contributed by atoms with E-state index in [1.165, 1.54) is 6.42 Å². The van der Waals surface area contributed by atoms with Gasteiger partial charge in [-0.2, -0.15) is 0 Å². The molecule has 6 rings (SSSR count). The predicted octanol–water partition coefficient (Wildman–Crippen LogP) is 5.14. The maximum atomic E-state index is 12.4. The molecule has 0 saturated heterocycles. The van der Waals surface area contributed by atoms with Gasteiger partial charge in [0.2, 0.25) is 0 Å². The van der Waals surface area contributed by atoms with Crippen molar-refractivity contribution in [3.8, 4) is 16.9 Å². The van der Waals surface area contributed by atoms with E-state index in [2.05, 4.69) is 20.6 Å². The molecule has 0 spiro atoms. The van der Waals surface area contributed by atoms with Crippen molar-refractivity contribution in [2.75, 3.05) is 5.32 Å². The molecule has 7 nitrogen and oxygen atoms in total. The first-order valence-corrected chi connectivity index (χ1v) is 13.0. The third-order valence-corrected chi connectivity index (χ3v) is 7.81. The Morgan fingerprint density at radius 2 is 1.88 bits per heavy atom. The number of nitrogens with one attached hydrogen (secondary N) is 2. The molecule has 8 heteroatoms. The zero-order valence-corrected chi connectivity index (χ0v) is 19.7. The smallest absolute Gasteiger partial charge is 0.251 e. The maximum Gasteiger partial charge on any atom is 0.251 e. The van der Waals surface area contributed by atoms with Crippen LogP contribution in [0.5, 0.6) is 5.75 Å². The number of rotatable bonds is 7. The quantitative estimate of drug-likeness (QED) is 0.437. The van der Waals surface area contributed by atoms with Crippen molar-refractivity contribution >= 4 is 28.2 Å². The second kappa shape index (κ2) is 9.00. The fourth-order valence-corrected chi connectivity index (χ4v) is 5.44. The van der Waals surface area contributed by atoms with E-state index in [9.17, 15) is 9.90 Å². The number of hydrogen-bond acceptors (Lipinski definition) is 7. The Morgan fingerprint density at radius 3 is 2.59 bits per heavy atom. The first-order valence-electron chi connectivity index (χ1n) is 12.2. The Balaban J connectivity index is 1.30. The van der Waals surface area contributed by atoms with Gasteiger partial charge < -0.3 is 20.5 Å². The maximum absolute atomic E-state index is 12.4. The number of anilines is 2. The van der Waals surface area contributed by atoms with Crippen molar-refractivity contribution in [2.24, 2.45) is 0 Å². The molecule has 0 radical (unpaired) electrons. The monoisotopic (exact) mass is 476 g/mol. The van der Waals surface area contributed by atoms with E-state index in [1.807, 2.05) is 30.3 Å². The Morgan fingerprint density at radius 1 is 1.06 bits per heavy atom. The van der Waals surface area contributed by atoms with Gasteiger partial charge in [0.15, 0.2) is 16.7 Å². The number of thiazole rings is 1. The van der Waals surface area contributed by atoms with Crippen LogP contribution in [0.15, 0.2) is 36.5 Å². The number of amides is 1. The summed E-state index contributed by atoms with van der Waals surface area (Å²) < 4.78 is 6.42. The van der Waals surface area contributed by atoms with Gasteiger partial charge in [-0.25, -0.2) is 9.97 Å². The van der Waals surface area contributed by atoms with E-state index in [0.717, 1.165) is 71.8 Å². The van der Waals surface area contributed by atoms with Gasteiger partial charge in [-0.3, -0.25) is 4.79 Å². The second-order valence-electron chi connectivity index (χ2n) is 9.39. The molecule has 1 aromatic carbocycles. The highest BCUT2D eigenvalue weighted by Gasteiger charge is 2.27. The molecule has 176 valence electrons. The highest BCUT2D eigenvalue weighted by molar-refractivity contribution is 7.15. The summed E-state index contributed by atoms with van der Waals surface area (Å²) in [7, 11) is 0. The lowest BCUT2D eigenvalue weighted by Crippen LogP contribution is -2.25. The molecule has 34 heavy (non-hydrogen) atoms. The zero-order chi connectivity index (χ0) is 23.1. The van der Waals surface area contributed by atoms with Crippen LogP contribution in [0.1, 0.15) is 72.0 Å². The number of carbonyl (C=O) groups is 1. The fraction of sp³-hybridized carbons (Fsp3) is 0.423. The summed E-state index contributed by atoms with van der Waals surface area (Å²) in [5.74, 6) is 1.31. The van der Waals surface area contributed by atoms with Gasteiger partial charge in [0.1, 0.15) is 0 Å². The van der Waals surface area contributed by atoms with E-state index in [1.54, 1.807) is 17.5 Å². The number of aliphatic hydroxyl groups excluding tert-OH is 1. The van der Waals surface area contributed by atoms with Crippen LogP contribution >= 0.6 is 11.3 Å². The molecular weight excluding hydrogens is 448 g/mol. The molecule has 3 aliphatic rings. The SMILES string of the molecule is O=C(NC1CC1)c1ccc(-c2ccnc(Nc3nc4c(s3)CCCC4O)c2OC2CCC2)cc1. The number of hydrogen-bond donors (Lipinski definition) is 3. The minimum absolute atomic E-state index is 0.0213.